The highest BCUT2D eigenvalue weighted by Crippen LogP contribution is 2.26. The fourth-order valence-electron chi connectivity index (χ4n) is 3.49. The number of benzene rings is 2. The van der Waals surface area contributed by atoms with Gasteiger partial charge in [0.15, 0.2) is 5.16 Å². The van der Waals surface area contributed by atoms with Crippen LogP contribution in [0.15, 0.2) is 62.3 Å². The van der Waals surface area contributed by atoms with Crippen LogP contribution in [0.3, 0.4) is 0 Å². The number of thiophene rings is 1. The van der Waals surface area contributed by atoms with Gasteiger partial charge >= 0.3 is 0 Å². The average Bonchev–Trinajstić information content (AvgIpc) is 3.19. The Labute approximate surface area is 196 Å². The lowest BCUT2D eigenvalue weighted by atomic mass is 10.1. The van der Waals surface area contributed by atoms with Crippen LogP contribution >= 0.6 is 39.0 Å². The van der Waals surface area contributed by atoms with Crippen molar-refractivity contribution in [1.29, 1.82) is 0 Å². The predicted molar refractivity (Wildman–Crippen MR) is 133 cm³/mol. The molecule has 0 aliphatic carbocycles. The number of hydrogen-bond acceptors (Lipinski definition) is 5. The number of nitrogens with zero attached hydrogens (tertiary/aromatic N) is 2. The maximum atomic E-state index is 13.2. The highest BCUT2D eigenvalue weighted by atomic mass is 79.9. The van der Waals surface area contributed by atoms with Crippen molar-refractivity contribution >= 4 is 60.8 Å². The van der Waals surface area contributed by atoms with Gasteiger partial charge in [0, 0.05) is 10.2 Å². The SMILES string of the molecule is Cc1cc(C)c(NC(=O)CSc2nc3ccsc3c(=O)n2-c2ccc(Br)cc2)c(C)c1. The molecule has 0 saturated heterocycles. The molecule has 0 radical (unpaired) electrons. The monoisotopic (exact) mass is 513 g/mol. The Morgan fingerprint density at radius 2 is 1.81 bits per heavy atom. The maximum absolute atomic E-state index is 13.2. The van der Waals surface area contributed by atoms with Gasteiger partial charge in [-0.25, -0.2) is 4.98 Å². The summed E-state index contributed by atoms with van der Waals surface area (Å²) in [5, 5.41) is 5.36. The second kappa shape index (κ2) is 8.98. The Hall–Kier alpha value is -2.42. The van der Waals surface area contributed by atoms with Crippen molar-refractivity contribution in [3.05, 3.63) is 79.4 Å². The molecule has 158 valence electrons. The van der Waals surface area contributed by atoms with E-state index in [-0.39, 0.29) is 17.2 Å². The Bertz CT molecular complexity index is 1320. The van der Waals surface area contributed by atoms with Gasteiger partial charge in [0.1, 0.15) is 4.70 Å². The smallest absolute Gasteiger partial charge is 0.276 e. The number of hydrogen-bond donors (Lipinski definition) is 1. The standard InChI is InChI=1S/C23H20BrN3O2S2/c1-13-10-14(2)20(15(3)11-13)26-19(28)12-31-23-25-18-8-9-30-21(18)22(29)27(23)17-6-4-16(24)5-7-17/h4-11H,12H2,1-3H3,(H,26,28). The van der Waals surface area contributed by atoms with Crippen molar-refractivity contribution in [2.24, 2.45) is 0 Å². The Kier molecular flexibility index (Phi) is 6.31. The van der Waals surface area contributed by atoms with Gasteiger partial charge in [0.25, 0.3) is 5.56 Å². The zero-order valence-electron chi connectivity index (χ0n) is 17.2. The van der Waals surface area contributed by atoms with E-state index in [1.807, 2.05) is 68.6 Å². The molecule has 0 saturated carbocycles. The summed E-state index contributed by atoms with van der Waals surface area (Å²) in [4.78, 5) is 30.5. The summed E-state index contributed by atoms with van der Waals surface area (Å²) in [5.74, 6) is 0.00725. The minimum atomic E-state index is -0.137. The lowest BCUT2D eigenvalue weighted by Crippen LogP contribution is -2.22. The molecular weight excluding hydrogens is 494 g/mol. The normalized spacial score (nSPS) is 11.1. The van der Waals surface area contributed by atoms with Gasteiger partial charge < -0.3 is 5.32 Å². The van der Waals surface area contributed by atoms with E-state index in [1.54, 1.807) is 4.57 Å². The molecule has 0 fully saturated rings. The largest absolute Gasteiger partial charge is 0.325 e. The summed E-state index contributed by atoms with van der Waals surface area (Å²) >= 11 is 6.05. The summed E-state index contributed by atoms with van der Waals surface area (Å²) in [7, 11) is 0. The molecule has 8 heteroatoms. The summed E-state index contributed by atoms with van der Waals surface area (Å²) in [6.07, 6.45) is 0. The second-order valence-corrected chi connectivity index (χ2v) is 10.0. The van der Waals surface area contributed by atoms with E-state index in [0.717, 1.165) is 26.9 Å². The van der Waals surface area contributed by atoms with Gasteiger partial charge in [-0.2, -0.15) is 0 Å². The molecule has 0 unspecified atom stereocenters. The predicted octanol–water partition coefficient (Wildman–Crippen LogP) is 5.87. The number of fused-ring (bicyclic) bond motifs is 1. The molecule has 2 heterocycles. The number of carbonyl (C=O) groups excluding carboxylic acids is 1. The zero-order valence-corrected chi connectivity index (χ0v) is 20.5. The molecule has 0 bridgehead atoms. The molecule has 1 N–H and O–H groups in total. The molecule has 0 atom stereocenters. The molecule has 0 aliphatic rings. The van der Waals surface area contributed by atoms with Crippen molar-refractivity contribution in [3.8, 4) is 5.69 Å². The molecule has 2 aromatic heterocycles. The van der Waals surface area contributed by atoms with Crippen molar-refractivity contribution in [2.45, 2.75) is 25.9 Å². The Morgan fingerprint density at radius 1 is 1.13 bits per heavy atom. The van der Waals surface area contributed by atoms with E-state index in [4.69, 9.17) is 0 Å². The van der Waals surface area contributed by atoms with Crippen molar-refractivity contribution in [3.63, 3.8) is 0 Å². The number of thioether (sulfide) groups is 1. The van der Waals surface area contributed by atoms with E-state index in [0.29, 0.717) is 21.1 Å². The third kappa shape index (κ3) is 4.61. The van der Waals surface area contributed by atoms with E-state index >= 15 is 0 Å². The number of rotatable bonds is 5. The average molecular weight is 514 g/mol. The van der Waals surface area contributed by atoms with Gasteiger partial charge in [0.05, 0.1) is 17.0 Å². The lowest BCUT2D eigenvalue weighted by Gasteiger charge is -2.14. The molecule has 2 aromatic carbocycles. The Morgan fingerprint density at radius 3 is 2.48 bits per heavy atom. The van der Waals surface area contributed by atoms with Crippen LogP contribution in [-0.4, -0.2) is 21.2 Å². The number of aryl methyl sites for hydroxylation is 3. The van der Waals surface area contributed by atoms with E-state index in [2.05, 4.69) is 26.2 Å². The van der Waals surface area contributed by atoms with Crippen LogP contribution in [0, 0.1) is 20.8 Å². The number of amides is 1. The van der Waals surface area contributed by atoms with Crippen LogP contribution in [0.2, 0.25) is 0 Å². The van der Waals surface area contributed by atoms with Crippen LogP contribution in [0.4, 0.5) is 5.69 Å². The van der Waals surface area contributed by atoms with Crippen molar-refractivity contribution in [1.82, 2.24) is 9.55 Å². The van der Waals surface area contributed by atoms with Crippen LogP contribution in [0.25, 0.3) is 15.9 Å². The van der Waals surface area contributed by atoms with Crippen LogP contribution in [-0.2, 0) is 4.79 Å². The zero-order chi connectivity index (χ0) is 22.1. The molecule has 0 spiro atoms. The second-order valence-electron chi connectivity index (χ2n) is 7.26. The van der Waals surface area contributed by atoms with Gasteiger partial charge in [-0.15, -0.1) is 11.3 Å². The first-order chi connectivity index (χ1) is 14.8. The first-order valence-electron chi connectivity index (χ1n) is 9.60. The number of aromatic nitrogens is 2. The first kappa shape index (κ1) is 21.8. The minimum Gasteiger partial charge on any atom is -0.325 e. The van der Waals surface area contributed by atoms with Crippen molar-refractivity contribution in [2.75, 3.05) is 11.1 Å². The first-order valence-corrected chi connectivity index (χ1v) is 12.3. The van der Waals surface area contributed by atoms with E-state index in [1.165, 1.54) is 23.1 Å². The molecule has 5 nitrogen and oxygen atoms in total. The number of anilines is 1. The summed E-state index contributed by atoms with van der Waals surface area (Å²) in [6, 6.07) is 13.4. The quantitative estimate of drug-likeness (QED) is 0.268. The highest BCUT2D eigenvalue weighted by molar-refractivity contribution is 9.10. The molecule has 4 aromatic rings. The number of carbonyl (C=O) groups is 1. The van der Waals surface area contributed by atoms with Gasteiger partial charge in [-0.05, 0) is 67.6 Å². The van der Waals surface area contributed by atoms with Crippen LogP contribution < -0.4 is 10.9 Å². The maximum Gasteiger partial charge on any atom is 0.276 e. The van der Waals surface area contributed by atoms with Gasteiger partial charge in [-0.1, -0.05) is 45.4 Å². The topological polar surface area (TPSA) is 64.0 Å². The van der Waals surface area contributed by atoms with E-state index < -0.39 is 0 Å². The third-order valence-corrected chi connectivity index (χ3v) is 7.17. The van der Waals surface area contributed by atoms with Gasteiger partial charge in [0.2, 0.25) is 5.91 Å². The van der Waals surface area contributed by atoms with Gasteiger partial charge in [-0.3, -0.25) is 14.2 Å². The number of nitrogens with one attached hydrogen (secondary N) is 1. The summed E-state index contributed by atoms with van der Waals surface area (Å²) in [6.45, 7) is 6.01. The fourth-order valence-corrected chi connectivity index (χ4v) is 5.33. The van der Waals surface area contributed by atoms with Crippen LogP contribution in [0.1, 0.15) is 16.7 Å². The minimum absolute atomic E-state index is 0.129. The van der Waals surface area contributed by atoms with Crippen molar-refractivity contribution < 1.29 is 4.79 Å². The summed E-state index contributed by atoms with van der Waals surface area (Å²) < 4.78 is 3.10. The third-order valence-electron chi connectivity index (χ3n) is 4.81. The van der Waals surface area contributed by atoms with Crippen LogP contribution in [0.5, 0.6) is 0 Å². The lowest BCUT2D eigenvalue weighted by molar-refractivity contribution is -0.113. The van der Waals surface area contributed by atoms with E-state index in [9.17, 15) is 9.59 Å². The summed E-state index contributed by atoms with van der Waals surface area (Å²) in [5.41, 5.74) is 5.29. The molecule has 4 rings (SSSR count). The molecule has 1 amide bonds. The number of halogens is 1. The highest BCUT2D eigenvalue weighted by Gasteiger charge is 2.16. The molecule has 31 heavy (non-hydrogen) atoms. The molecule has 0 aliphatic heterocycles. The Balaban J connectivity index is 1.64. The fraction of sp³-hybridized carbons (Fsp3) is 0.174. The molecular formula is C23H20BrN3O2S2.